The number of halogens is 1. The van der Waals surface area contributed by atoms with Crippen LogP contribution in [0.4, 0.5) is 5.69 Å². The second-order valence-corrected chi connectivity index (χ2v) is 7.61. The van der Waals surface area contributed by atoms with Gasteiger partial charge in [-0.3, -0.25) is 14.4 Å². The van der Waals surface area contributed by atoms with E-state index in [0.717, 1.165) is 16.0 Å². The molecule has 3 amide bonds. The third kappa shape index (κ3) is 2.12. The summed E-state index contributed by atoms with van der Waals surface area (Å²) in [4.78, 5) is 41.9. The summed E-state index contributed by atoms with van der Waals surface area (Å²) in [7, 11) is 0. The molecular formula is C21H16ClN3O3. The van der Waals surface area contributed by atoms with Gasteiger partial charge in [0.05, 0.1) is 28.6 Å². The van der Waals surface area contributed by atoms with Gasteiger partial charge in [0.1, 0.15) is 6.04 Å². The number of imide groups is 1. The number of anilines is 1. The molecule has 2 N–H and O–H groups in total. The number of rotatable bonds is 2. The molecule has 0 aromatic heterocycles. The molecule has 2 saturated heterocycles. The van der Waals surface area contributed by atoms with Crippen molar-refractivity contribution in [3.05, 3.63) is 70.9 Å². The van der Waals surface area contributed by atoms with Crippen LogP contribution in [0.3, 0.4) is 0 Å². The summed E-state index contributed by atoms with van der Waals surface area (Å²) in [5.74, 6) is -2.96. The van der Waals surface area contributed by atoms with Crippen molar-refractivity contribution in [3.63, 3.8) is 0 Å². The van der Waals surface area contributed by atoms with E-state index in [1.165, 1.54) is 0 Å². The molecule has 0 unspecified atom stereocenters. The highest BCUT2D eigenvalue weighted by atomic mass is 35.5. The maximum atomic E-state index is 13.4. The third-order valence-corrected chi connectivity index (χ3v) is 6.17. The number of carbonyl (C=O) groups is 3. The summed E-state index contributed by atoms with van der Waals surface area (Å²) in [6, 6.07) is 13.1. The van der Waals surface area contributed by atoms with E-state index >= 15 is 0 Å². The molecular weight excluding hydrogens is 378 g/mol. The molecule has 3 heterocycles. The average Bonchev–Trinajstić information content (AvgIpc) is 3.16. The molecule has 0 spiro atoms. The first-order valence-electron chi connectivity index (χ1n) is 8.97. The second-order valence-electron chi connectivity index (χ2n) is 7.20. The Morgan fingerprint density at radius 2 is 1.64 bits per heavy atom. The smallest absolute Gasteiger partial charge is 0.240 e. The van der Waals surface area contributed by atoms with Crippen LogP contribution in [0.15, 0.2) is 54.7 Å². The molecule has 3 aliphatic heterocycles. The highest BCUT2D eigenvalue weighted by molar-refractivity contribution is 6.36. The molecule has 0 saturated carbocycles. The Bertz CT molecular complexity index is 1070. The largest absolute Gasteiger partial charge is 0.368 e. The maximum absolute atomic E-state index is 13.4. The molecule has 2 fully saturated rings. The van der Waals surface area contributed by atoms with E-state index in [9.17, 15) is 14.4 Å². The van der Waals surface area contributed by atoms with Crippen LogP contribution in [-0.2, 0) is 14.4 Å². The lowest BCUT2D eigenvalue weighted by Crippen LogP contribution is -2.46. The molecule has 140 valence electrons. The highest BCUT2D eigenvalue weighted by Gasteiger charge is 2.64. The van der Waals surface area contributed by atoms with Crippen molar-refractivity contribution in [1.29, 1.82) is 0 Å². The zero-order valence-electron chi connectivity index (χ0n) is 14.7. The molecule has 28 heavy (non-hydrogen) atoms. The summed E-state index contributed by atoms with van der Waals surface area (Å²) in [5, 5.41) is 0.306. The minimum absolute atomic E-state index is 0.306. The molecule has 3 aliphatic rings. The summed E-state index contributed by atoms with van der Waals surface area (Å²) < 4.78 is 0. The molecule has 5 rings (SSSR count). The van der Waals surface area contributed by atoms with E-state index in [2.05, 4.69) is 0 Å². The number of hydrogen-bond acceptors (Lipinski definition) is 4. The number of para-hydroxylation sites is 1. The predicted octanol–water partition coefficient (Wildman–Crippen LogP) is 2.34. The van der Waals surface area contributed by atoms with Crippen molar-refractivity contribution < 1.29 is 14.4 Å². The minimum Gasteiger partial charge on any atom is -0.368 e. The summed E-state index contributed by atoms with van der Waals surface area (Å²) in [6.07, 6.45) is 3.64. The van der Waals surface area contributed by atoms with Gasteiger partial charge in [0.2, 0.25) is 17.7 Å². The Morgan fingerprint density at radius 1 is 0.964 bits per heavy atom. The van der Waals surface area contributed by atoms with Crippen LogP contribution in [0.2, 0.25) is 5.02 Å². The summed E-state index contributed by atoms with van der Waals surface area (Å²) in [6.45, 7) is 0. The molecule has 0 bridgehead atoms. The fraction of sp³-hybridized carbons (Fsp3) is 0.190. The van der Waals surface area contributed by atoms with Gasteiger partial charge in [-0.1, -0.05) is 48.0 Å². The Morgan fingerprint density at radius 3 is 2.39 bits per heavy atom. The first-order valence-corrected chi connectivity index (χ1v) is 9.34. The van der Waals surface area contributed by atoms with Crippen molar-refractivity contribution in [3.8, 4) is 0 Å². The minimum atomic E-state index is -0.886. The van der Waals surface area contributed by atoms with E-state index in [1.807, 2.05) is 30.3 Å². The standard InChI is InChI=1S/C21H16ClN3O3/c22-13-7-3-4-8-14(13)25-20(27)15-16(21(25)28)18(19(23)26)24-10-9-11-5-1-2-6-12(11)17(15)24/h1-10,15-18H,(H2,23,26)/t15-,16+,17-,18-/m0/s1. The van der Waals surface area contributed by atoms with Crippen molar-refractivity contribution in [2.45, 2.75) is 12.1 Å². The van der Waals surface area contributed by atoms with Gasteiger partial charge in [-0.05, 0) is 29.3 Å². The lowest BCUT2D eigenvalue weighted by atomic mass is 9.84. The van der Waals surface area contributed by atoms with E-state index in [1.54, 1.807) is 35.4 Å². The first-order chi connectivity index (χ1) is 13.5. The van der Waals surface area contributed by atoms with Crippen LogP contribution in [-0.4, -0.2) is 28.7 Å². The number of nitrogens with two attached hydrogens (primary N) is 1. The first kappa shape index (κ1) is 17.0. The lowest BCUT2D eigenvalue weighted by Gasteiger charge is -2.34. The van der Waals surface area contributed by atoms with Crippen molar-refractivity contribution >= 4 is 41.1 Å². The van der Waals surface area contributed by atoms with Gasteiger partial charge in [-0.2, -0.15) is 0 Å². The summed E-state index contributed by atoms with van der Waals surface area (Å²) in [5.41, 5.74) is 7.89. The average molecular weight is 394 g/mol. The van der Waals surface area contributed by atoms with Gasteiger partial charge < -0.3 is 10.6 Å². The second kappa shape index (κ2) is 5.94. The normalized spacial score (nSPS) is 27.6. The van der Waals surface area contributed by atoms with Gasteiger partial charge in [0.25, 0.3) is 0 Å². The number of fused-ring (bicyclic) bond motifs is 5. The highest BCUT2D eigenvalue weighted by Crippen LogP contribution is 2.53. The third-order valence-electron chi connectivity index (χ3n) is 5.85. The number of hydrogen-bond donors (Lipinski definition) is 1. The fourth-order valence-corrected chi connectivity index (χ4v) is 4.97. The predicted molar refractivity (Wildman–Crippen MR) is 104 cm³/mol. The topological polar surface area (TPSA) is 83.7 Å². The van der Waals surface area contributed by atoms with Crippen LogP contribution in [0.25, 0.3) is 6.08 Å². The number of benzene rings is 2. The van der Waals surface area contributed by atoms with Crippen LogP contribution >= 0.6 is 11.6 Å². The van der Waals surface area contributed by atoms with E-state index in [4.69, 9.17) is 17.3 Å². The summed E-state index contributed by atoms with van der Waals surface area (Å²) >= 11 is 6.25. The maximum Gasteiger partial charge on any atom is 0.240 e. The number of nitrogens with zero attached hydrogens (tertiary/aromatic N) is 2. The Labute approximate surface area is 166 Å². The van der Waals surface area contributed by atoms with Gasteiger partial charge >= 0.3 is 0 Å². The van der Waals surface area contributed by atoms with Gasteiger partial charge in [-0.15, -0.1) is 0 Å². The Kier molecular flexibility index (Phi) is 3.61. The van der Waals surface area contributed by atoms with Crippen LogP contribution in [0, 0.1) is 11.8 Å². The van der Waals surface area contributed by atoms with Crippen LogP contribution < -0.4 is 10.6 Å². The molecule has 0 radical (unpaired) electrons. The van der Waals surface area contributed by atoms with Gasteiger partial charge in [0.15, 0.2) is 0 Å². The van der Waals surface area contributed by atoms with Crippen molar-refractivity contribution in [2.24, 2.45) is 17.6 Å². The molecule has 4 atom stereocenters. The molecule has 6 nitrogen and oxygen atoms in total. The Balaban J connectivity index is 1.67. The zero-order valence-corrected chi connectivity index (χ0v) is 15.4. The van der Waals surface area contributed by atoms with Crippen LogP contribution in [0.1, 0.15) is 17.2 Å². The van der Waals surface area contributed by atoms with Crippen molar-refractivity contribution in [1.82, 2.24) is 4.90 Å². The monoisotopic (exact) mass is 393 g/mol. The molecule has 7 heteroatoms. The number of amides is 3. The zero-order chi connectivity index (χ0) is 19.6. The molecule has 2 aromatic rings. The van der Waals surface area contributed by atoms with Crippen molar-refractivity contribution in [2.75, 3.05) is 4.90 Å². The van der Waals surface area contributed by atoms with E-state index in [-0.39, 0.29) is 5.91 Å². The van der Waals surface area contributed by atoms with Crippen LogP contribution in [0.5, 0.6) is 0 Å². The molecule has 0 aliphatic carbocycles. The molecule has 2 aromatic carbocycles. The SMILES string of the molecule is NC(=O)[C@@H]1[C@@H]2C(=O)N(c3ccccc3Cl)C(=O)[C@@H]2[C@@H]2c3ccccc3C=CN12. The van der Waals surface area contributed by atoms with E-state index in [0.29, 0.717) is 10.7 Å². The van der Waals surface area contributed by atoms with E-state index < -0.39 is 35.7 Å². The van der Waals surface area contributed by atoms with Gasteiger partial charge in [0, 0.05) is 6.20 Å². The van der Waals surface area contributed by atoms with Gasteiger partial charge in [-0.25, -0.2) is 4.90 Å². The quantitative estimate of drug-likeness (QED) is 0.794. The number of primary amides is 1. The Hall–Kier alpha value is -3.12. The fourth-order valence-electron chi connectivity index (χ4n) is 4.75. The number of carbonyl (C=O) groups excluding carboxylic acids is 3. The lowest BCUT2D eigenvalue weighted by molar-refractivity contribution is -0.129.